The Hall–Kier alpha value is -1.44. The summed E-state index contributed by atoms with van der Waals surface area (Å²) in [7, 11) is 0. The van der Waals surface area contributed by atoms with Gasteiger partial charge < -0.3 is 0 Å². The monoisotopic (exact) mass is 555 g/mol. The Morgan fingerprint density at radius 2 is 0.645 bits per heavy atom. The van der Waals surface area contributed by atoms with Gasteiger partial charge in [0.2, 0.25) is 0 Å². The minimum Gasteiger partial charge on any atom is -0.199 e. The fraction of sp³-hybridized carbons (Fsp3) is 0.250. The van der Waals surface area contributed by atoms with Gasteiger partial charge in [0.15, 0.2) is 0 Å². The van der Waals surface area contributed by atoms with Crippen LogP contribution in [-0.2, 0) is 88.1 Å². The van der Waals surface area contributed by atoms with Gasteiger partial charge >= 0.3 is 107 Å². The molecule has 2 rings (SSSR count). The molecule has 1 aromatic carbocycles. The van der Waals surface area contributed by atoms with Crippen LogP contribution in [0, 0.1) is 60.1 Å². The zero-order valence-electron chi connectivity index (χ0n) is 16.0. The van der Waals surface area contributed by atoms with E-state index in [1.54, 1.807) is 0 Å². The molecule has 168 valence electrons. The molecule has 0 unspecified atom stereocenters. The first-order valence-corrected chi connectivity index (χ1v) is 6.40. The van der Waals surface area contributed by atoms with Crippen molar-refractivity contribution in [2.75, 3.05) is 0 Å². The molecule has 1 saturated carbocycles. The third kappa shape index (κ3) is 151. The Labute approximate surface area is 215 Å². The van der Waals surface area contributed by atoms with Crippen LogP contribution in [0.25, 0.3) is 0 Å². The minimum atomic E-state index is 0. The fourth-order valence-electron chi connectivity index (χ4n) is 1.36. The standard InChI is InChI=1S/C7H7.C5H10.8CO.Co.Fe.Mn/c1-7-5-3-2-4-6-7;1-2-4-5-3-1;8*1-2;;;/h2-6H,1H2;1-5H2;;;;;;;;;;;/q-1;;;;;;;;;;;;+2. The molecule has 0 saturated heterocycles. The molecular formula is C20H17CoFeMnO8+. The predicted molar refractivity (Wildman–Crippen MR) is 85.4 cm³/mol. The van der Waals surface area contributed by atoms with Crippen LogP contribution >= 0.6 is 0 Å². The summed E-state index contributed by atoms with van der Waals surface area (Å²) >= 11 is 0. The first kappa shape index (κ1) is 70.0. The molecule has 8 nitrogen and oxygen atoms in total. The summed E-state index contributed by atoms with van der Waals surface area (Å²) in [4.78, 5) is 0. The molecule has 0 aromatic heterocycles. The summed E-state index contributed by atoms with van der Waals surface area (Å²) < 4.78 is 60.0. The maximum atomic E-state index is 7.50. The van der Waals surface area contributed by atoms with Gasteiger partial charge in [-0.25, -0.2) is 0 Å². The van der Waals surface area contributed by atoms with Crippen molar-refractivity contribution in [1.29, 1.82) is 0 Å². The van der Waals surface area contributed by atoms with Gasteiger partial charge in [-0.05, 0) is 0 Å². The molecule has 11 heteroatoms. The smallest absolute Gasteiger partial charge is 0.199 e. The maximum absolute atomic E-state index is 7.50. The maximum Gasteiger partial charge on any atom is 2.00 e. The minimum absolute atomic E-state index is 0. The first-order chi connectivity index (χ1) is 13.9. The SMILES string of the molecule is C1CCCC1.[C-]#[O+].[C-]#[O+].[C-]#[O+].[C-]#[O+].[C-]#[O+].[C-]#[O+].[C-]#[O+].[C-]#[O+].[CH2-]c1ccccc1.[Co].[Fe].[Mn+2]. The van der Waals surface area contributed by atoms with Crippen molar-refractivity contribution in [2.45, 2.75) is 32.1 Å². The molecule has 31 heavy (non-hydrogen) atoms. The molecular weight excluding hydrogens is 538 g/mol. The molecule has 1 aromatic rings. The number of hydrogen-bond donors (Lipinski definition) is 0. The Morgan fingerprint density at radius 3 is 0.742 bits per heavy atom. The summed E-state index contributed by atoms with van der Waals surface area (Å²) in [6.07, 6.45) is 7.50. The molecule has 0 bridgehead atoms. The van der Waals surface area contributed by atoms with Crippen molar-refractivity contribution in [3.05, 3.63) is 96.0 Å². The van der Waals surface area contributed by atoms with Crippen molar-refractivity contribution >= 4 is 0 Å². The van der Waals surface area contributed by atoms with Gasteiger partial charge in [0.05, 0.1) is 0 Å². The molecule has 1 aliphatic rings. The van der Waals surface area contributed by atoms with Gasteiger partial charge in [0.1, 0.15) is 0 Å². The molecule has 1 aliphatic carbocycles. The van der Waals surface area contributed by atoms with Gasteiger partial charge in [0, 0.05) is 33.8 Å². The Balaban J connectivity index is -0.0000000169. The Kier molecular flexibility index (Phi) is 367. The molecule has 2 radical (unpaired) electrons. The van der Waals surface area contributed by atoms with E-state index in [0.29, 0.717) is 0 Å². The summed E-state index contributed by atoms with van der Waals surface area (Å²) in [5, 5.41) is 0. The van der Waals surface area contributed by atoms with E-state index in [1.165, 1.54) is 32.1 Å². The van der Waals surface area contributed by atoms with Crippen molar-refractivity contribution in [2.24, 2.45) is 0 Å². The van der Waals surface area contributed by atoms with Crippen LogP contribution in [0.15, 0.2) is 30.3 Å². The first-order valence-electron chi connectivity index (χ1n) is 6.40. The zero-order chi connectivity index (χ0) is 24.6. The van der Waals surface area contributed by atoms with Gasteiger partial charge in [-0.1, -0.05) is 38.2 Å². The molecule has 0 heterocycles. The van der Waals surface area contributed by atoms with Crippen molar-refractivity contribution in [3.8, 4) is 0 Å². The van der Waals surface area contributed by atoms with Gasteiger partial charge in [-0.2, -0.15) is 24.6 Å². The van der Waals surface area contributed by atoms with E-state index in [1.807, 2.05) is 30.3 Å². The summed E-state index contributed by atoms with van der Waals surface area (Å²) in [5.41, 5.74) is 1.07. The predicted octanol–water partition coefficient (Wildman–Crippen LogP) is 3.51. The van der Waals surface area contributed by atoms with Crippen molar-refractivity contribution < 1.29 is 88.1 Å². The van der Waals surface area contributed by atoms with Gasteiger partial charge in [-0.15, -0.1) is 12.1 Å². The third-order valence-electron chi connectivity index (χ3n) is 2.09. The second-order valence-corrected chi connectivity index (χ2v) is 3.25. The fourth-order valence-corrected chi connectivity index (χ4v) is 1.36. The zero-order valence-corrected chi connectivity index (χ0v) is 19.3. The van der Waals surface area contributed by atoms with E-state index in [0.717, 1.165) is 5.56 Å². The van der Waals surface area contributed by atoms with Crippen LogP contribution in [0.2, 0.25) is 0 Å². The van der Waals surface area contributed by atoms with E-state index in [9.17, 15) is 0 Å². The Bertz CT molecular complexity index is 426. The largest absolute Gasteiger partial charge is 2.00 e. The van der Waals surface area contributed by atoms with Crippen LogP contribution in [0.3, 0.4) is 0 Å². The topological polar surface area (TPSA) is 159 Å². The van der Waals surface area contributed by atoms with E-state index in [4.69, 9.17) is 37.2 Å². The normalized spacial score (nSPS) is 6.32. The molecule has 0 aliphatic heterocycles. The van der Waals surface area contributed by atoms with Gasteiger partial charge in [0.25, 0.3) is 0 Å². The van der Waals surface area contributed by atoms with Crippen molar-refractivity contribution in [1.82, 2.24) is 0 Å². The molecule has 0 amide bonds. The third-order valence-corrected chi connectivity index (χ3v) is 2.09. The number of hydrogen-bond acceptors (Lipinski definition) is 0. The van der Waals surface area contributed by atoms with Crippen LogP contribution in [-0.4, -0.2) is 0 Å². The average Bonchev–Trinajstić information content (AvgIpc) is 3.45. The second-order valence-electron chi connectivity index (χ2n) is 3.25. The summed E-state index contributed by atoms with van der Waals surface area (Å²) in [6.45, 7) is 39.7. The second kappa shape index (κ2) is 162. The Morgan fingerprint density at radius 1 is 0.484 bits per heavy atom. The summed E-state index contributed by atoms with van der Waals surface area (Å²) in [5.74, 6) is 0. The average molecular weight is 555 g/mol. The number of rotatable bonds is 0. The number of benzene rings is 1. The van der Waals surface area contributed by atoms with E-state index >= 15 is 0 Å². The van der Waals surface area contributed by atoms with Crippen molar-refractivity contribution in [3.63, 3.8) is 0 Å². The molecule has 0 spiro atoms. The van der Waals surface area contributed by atoms with E-state index in [2.05, 4.69) is 60.1 Å². The summed E-state index contributed by atoms with van der Waals surface area (Å²) in [6, 6.07) is 9.87. The van der Waals surface area contributed by atoms with E-state index < -0.39 is 0 Å². The quantitative estimate of drug-likeness (QED) is 0.261. The van der Waals surface area contributed by atoms with Crippen LogP contribution in [0.1, 0.15) is 37.7 Å². The van der Waals surface area contributed by atoms with E-state index in [-0.39, 0.29) is 50.9 Å². The van der Waals surface area contributed by atoms with Crippen LogP contribution < -0.4 is 0 Å². The molecule has 0 atom stereocenters. The molecule has 0 N–H and O–H groups in total. The molecule has 1 fully saturated rings. The van der Waals surface area contributed by atoms with Gasteiger partial charge in [-0.3, -0.25) is 0 Å². The van der Waals surface area contributed by atoms with Crippen LogP contribution in [0.4, 0.5) is 0 Å². The van der Waals surface area contributed by atoms with Crippen LogP contribution in [0.5, 0.6) is 0 Å².